The summed E-state index contributed by atoms with van der Waals surface area (Å²) < 4.78 is 26.3. The van der Waals surface area contributed by atoms with Crippen LogP contribution in [0.3, 0.4) is 0 Å². The van der Waals surface area contributed by atoms with E-state index in [1.807, 2.05) is 20.8 Å². The van der Waals surface area contributed by atoms with Crippen molar-refractivity contribution in [2.24, 2.45) is 0 Å². The van der Waals surface area contributed by atoms with E-state index in [1.54, 1.807) is 17.0 Å². The maximum atomic E-state index is 11.9. The number of carbonyl (C=O) groups excluding carboxylic acids is 1. The summed E-state index contributed by atoms with van der Waals surface area (Å²) in [4.78, 5) is 13.7. The van der Waals surface area contributed by atoms with E-state index in [4.69, 9.17) is 0 Å². The van der Waals surface area contributed by atoms with Gasteiger partial charge in [0.15, 0.2) is 0 Å². The van der Waals surface area contributed by atoms with Gasteiger partial charge in [0.25, 0.3) is 0 Å². The van der Waals surface area contributed by atoms with Crippen molar-refractivity contribution in [2.75, 3.05) is 25.0 Å². The van der Waals surface area contributed by atoms with E-state index in [9.17, 15) is 13.2 Å². The number of hydrogen-bond donors (Lipinski definition) is 2. The quantitative estimate of drug-likeness (QED) is 0.810. The summed E-state index contributed by atoms with van der Waals surface area (Å²) in [5.41, 5.74) is 0.571. The van der Waals surface area contributed by atoms with Crippen molar-refractivity contribution in [3.05, 3.63) is 24.3 Å². The van der Waals surface area contributed by atoms with Crippen LogP contribution in [0.5, 0.6) is 0 Å². The molecule has 2 N–H and O–H groups in total. The minimum absolute atomic E-state index is 0.191. The van der Waals surface area contributed by atoms with Crippen molar-refractivity contribution >= 4 is 21.7 Å². The number of anilines is 1. The van der Waals surface area contributed by atoms with Crippen LogP contribution in [0.2, 0.25) is 0 Å². The Morgan fingerprint density at radius 1 is 1.10 bits per heavy atom. The second-order valence-corrected chi connectivity index (χ2v) is 6.29. The third-order valence-electron chi connectivity index (χ3n) is 3.01. The molecule has 1 aromatic rings. The number of hydrogen-bond acceptors (Lipinski definition) is 3. The van der Waals surface area contributed by atoms with Crippen LogP contribution in [0.25, 0.3) is 0 Å². The molecule has 1 aromatic carbocycles. The Kier molecular flexibility index (Phi) is 6.64. The molecule has 6 nitrogen and oxygen atoms in total. The number of rotatable bonds is 7. The zero-order chi connectivity index (χ0) is 15.9. The molecule has 118 valence electrons. The van der Waals surface area contributed by atoms with Crippen LogP contribution < -0.4 is 10.0 Å². The summed E-state index contributed by atoms with van der Waals surface area (Å²) in [7, 11) is -3.47. The van der Waals surface area contributed by atoms with Crippen LogP contribution in [0.1, 0.15) is 27.2 Å². The van der Waals surface area contributed by atoms with Crippen LogP contribution >= 0.6 is 0 Å². The summed E-state index contributed by atoms with van der Waals surface area (Å²) >= 11 is 0. The van der Waals surface area contributed by atoms with Crippen LogP contribution in [-0.2, 0) is 10.0 Å². The topological polar surface area (TPSA) is 78.5 Å². The van der Waals surface area contributed by atoms with Gasteiger partial charge in [-0.25, -0.2) is 17.9 Å². The first kappa shape index (κ1) is 17.5. The van der Waals surface area contributed by atoms with Crippen molar-refractivity contribution in [1.29, 1.82) is 0 Å². The molecule has 0 radical (unpaired) electrons. The molecule has 21 heavy (non-hydrogen) atoms. The van der Waals surface area contributed by atoms with Crippen LogP contribution in [0, 0.1) is 0 Å². The Morgan fingerprint density at radius 2 is 1.67 bits per heavy atom. The lowest BCUT2D eigenvalue weighted by Crippen LogP contribution is -2.34. The molecule has 0 saturated heterocycles. The lowest BCUT2D eigenvalue weighted by atomic mass is 10.3. The van der Waals surface area contributed by atoms with Gasteiger partial charge in [0.1, 0.15) is 0 Å². The lowest BCUT2D eigenvalue weighted by Gasteiger charge is -2.19. The van der Waals surface area contributed by atoms with Crippen LogP contribution in [0.4, 0.5) is 10.5 Å². The SMILES string of the molecule is CCCNS(=O)(=O)c1ccc(NC(=O)N(CC)CC)cc1. The molecular formula is C14H23N3O3S. The van der Waals surface area contributed by atoms with E-state index in [2.05, 4.69) is 10.0 Å². The first-order valence-electron chi connectivity index (χ1n) is 7.10. The first-order chi connectivity index (χ1) is 9.94. The van der Waals surface area contributed by atoms with Gasteiger partial charge in [-0.3, -0.25) is 0 Å². The summed E-state index contributed by atoms with van der Waals surface area (Å²) in [5, 5.41) is 2.74. The molecule has 1 rings (SSSR count). The van der Waals surface area contributed by atoms with Crippen molar-refractivity contribution < 1.29 is 13.2 Å². The van der Waals surface area contributed by atoms with Gasteiger partial charge in [-0.05, 0) is 44.5 Å². The molecule has 2 amide bonds. The molecule has 0 saturated carbocycles. The van der Waals surface area contributed by atoms with Gasteiger partial charge >= 0.3 is 6.03 Å². The van der Waals surface area contributed by atoms with Crippen LogP contribution in [-0.4, -0.2) is 39.0 Å². The van der Waals surface area contributed by atoms with Crippen LogP contribution in [0.15, 0.2) is 29.2 Å². The highest BCUT2D eigenvalue weighted by Gasteiger charge is 2.13. The molecule has 0 aliphatic heterocycles. The van der Waals surface area contributed by atoms with Gasteiger partial charge in [-0.1, -0.05) is 6.92 Å². The Hall–Kier alpha value is -1.60. The minimum atomic E-state index is -3.47. The molecule has 0 fully saturated rings. The molecule has 0 heterocycles. The van der Waals surface area contributed by atoms with Gasteiger partial charge in [-0.15, -0.1) is 0 Å². The maximum Gasteiger partial charge on any atom is 0.321 e. The number of urea groups is 1. The molecular weight excluding hydrogens is 290 g/mol. The Bertz CT molecular complexity index is 551. The third-order valence-corrected chi connectivity index (χ3v) is 4.49. The van der Waals surface area contributed by atoms with Gasteiger partial charge in [0.2, 0.25) is 10.0 Å². The second-order valence-electron chi connectivity index (χ2n) is 4.52. The third kappa shape index (κ3) is 5.02. The molecule has 0 aliphatic carbocycles. The molecule has 0 spiro atoms. The Balaban J connectivity index is 2.77. The van der Waals surface area contributed by atoms with Crippen molar-refractivity contribution in [2.45, 2.75) is 32.1 Å². The van der Waals surface area contributed by atoms with Gasteiger partial charge in [-0.2, -0.15) is 0 Å². The molecule has 0 atom stereocenters. The molecule has 7 heteroatoms. The van der Waals surface area contributed by atoms with Crippen molar-refractivity contribution in [3.63, 3.8) is 0 Å². The van der Waals surface area contributed by atoms with E-state index in [1.165, 1.54) is 12.1 Å². The average Bonchev–Trinajstić information content (AvgIpc) is 2.47. The van der Waals surface area contributed by atoms with Crippen molar-refractivity contribution in [3.8, 4) is 0 Å². The highest BCUT2D eigenvalue weighted by Crippen LogP contribution is 2.14. The van der Waals surface area contributed by atoms with E-state index in [0.29, 0.717) is 25.3 Å². The summed E-state index contributed by atoms with van der Waals surface area (Å²) in [6.45, 7) is 7.35. The molecule has 0 aliphatic rings. The average molecular weight is 313 g/mol. The summed E-state index contributed by atoms with van der Waals surface area (Å²) in [5.74, 6) is 0. The van der Waals surface area contributed by atoms with E-state index in [0.717, 1.165) is 6.42 Å². The van der Waals surface area contributed by atoms with E-state index in [-0.39, 0.29) is 10.9 Å². The standard InChI is InChI=1S/C14H23N3O3S/c1-4-11-15-21(19,20)13-9-7-12(8-10-13)16-14(18)17(5-2)6-3/h7-10,15H,4-6,11H2,1-3H3,(H,16,18). The summed E-state index contributed by atoms with van der Waals surface area (Å²) in [6, 6.07) is 5.94. The first-order valence-corrected chi connectivity index (χ1v) is 8.58. The number of benzene rings is 1. The minimum Gasteiger partial charge on any atom is -0.325 e. The number of sulfonamides is 1. The zero-order valence-electron chi connectivity index (χ0n) is 12.7. The Labute approximate surface area is 126 Å². The second kappa shape index (κ2) is 7.99. The van der Waals surface area contributed by atoms with Crippen molar-refractivity contribution in [1.82, 2.24) is 9.62 Å². The number of amides is 2. The Morgan fingerprint density at radius 3 is 2.14 bits per heavy atom. The lowest BCUT2D eigenvalue weighted by molar-refractivity contribution is 0.217. The number of nitrogens with zero attached hydrogens (tertiary/aromatic N) is 1. The fourth-order valence-corrected chi connectivity index (χ4v) is 2.88. The highest BCUT2D eigenvalue weighted by atomic mass is 32.2. The number of nitrogens with one attached hydrogen (secondary N) is 2. The smallest absolute Gasteiger partial charge is 0.321 e. The highest BCUT2D eigenvalue weighted by molar-refractivity contribution is 7.89. The fraction of sp³-hybridized carbons (Fsp3) is 0.500. The largest absolute Gasteiger partial charge is 0.325 e. The molecule has 0 unspecified atom stereocenters. The van der Waals surface area contributed by atoms with Gasteiger partial charge in [0, 0.05) is 25.3 Å². The fourth-order valence-electron chi connectivity index (χ4n) is 1.75. The monoisotopic (exact) mass is 313 g/mol. The summed E-state index contributed by atoms with van der Waals surface area (Å²) in [6.07, 6.45) is 0.733. The van der Waals surface area contributed by atoms with Gasteiger partial charge in [0.05, 0.1) is 4.90 Å². The van der Waals surface area contributed by atoms with E-state index >= 15 is 0 Å². The predicted molar refractivity (Wildman–Crippen MR) is 83.9 cm³/mol. The normalized spacial score (nSPS) is 11.2. The predicted octanol–water partition coefficient (Wildman–Crippen LogP) is 2.25. The zero-order valence-corrected chi connectivity index (χ0v) is 13.5. The molecule has 0 aromatic heterocycles. The van der Waals surface area contributed by atoms with E-state index < -0.39 is 10.0 Å². The maximum absolute atomic E-state index is 11.9. The molecule has 0 bridgehead atoms. The number of carbonyl (C=O) groups is 1. The van der Waals surface area contributed by atoms with Gasteiger partial charge < -0.3 is 10.2 Å².